The second-order valence-corrected chi connectivity index (χ2v) is 10.3. The summed E-state index contributed by atoms with van der Waals surface area (Å²) in [7, 11) is 1.28. The van der Waals surface area contributed by atoms with E-state index in [4.69, 9.17) is 19.0 Å². The Morgan fingerprint density at radius 1 is 1.05 bits per heavy atom. The average molecular weight is 548 g/mol. The maximum absolute atomic E-state index is 9.93. The molecule has 2 aliphatic heterocycles. The van der Waals surface area contributed by atoms with E-state index in [9.17, 15) is 4.79 Å². The molecule has 0 spiro atoms. The van der Waals surface area contributed by atoms with E-state index in [0.717, 1.165) is 51.9 Å². The molecule has 0 radical (unpaired) electrons. The maximum Gasteiger partial charge on any atom is 0.494 e. The molecule has 3 aromatic rings. The van der Waals surface area contributed by atoms with Crippen molar-refractivity contribution in [3.05, 3.63) is 65.2 Å². The molecule has 0 bridgehead atoms. The summed E-state index contributed by atoms with van der Waals surface area (Å²) >= 11 is 0. The molecule has 0 saturated carbocycles. The lowest BCUT2D eigenvalue weighted by molar-refractivity contribution is -0.118. The van der Waals surface area contributed by atoms with Crippen molar-refractivity contribution in [1.82, 2.24) is 20.1 Å². The number of hydrogen-bond acceptors (Lipinski definition) is 7. The lowest BCUT2D eigenvalue weighted by atomic mass is 9.78. The Morgan fingerprint density at radius 2 is 1.68 bits per heavy atom. The number of aliphatic imine (C=N–C) groups is 1. The summed E-state index contributed by atoms with van der Waals surface area (Å²) in [6.45, 7) is 18.8. The van der Waals surface area contributed by atoms with Gasteiger partial charge in [-0.05, 0) is 65.2 Å². The van der Waals surface area contributed by atoms with E-state index in [1.807, 2.05) is 45.9 Å². The van der Waals surface area contributed by atoms with Crippen LogP contribution in [0, 0.1) is 6.92 Å². The Balaban J connectivity index is 0.000000491. The summed E-state index contributed by atoms with van der Waals surface area (Å²) in [6.07, 6.45) is 0. The van der Waals surface area contributed by atoms with Gasteiger partial charge < -0.3 is 19.4 Å². The fraction of sp³-hybridized carbons (Fsp3) is 0.467. The van der Waals surface area contributed by atoms with E-state index in [1.54, 1.807) is 7.11 Å². The number of methoxy groups -OCH3 is 1. The quantitative estimate of drug-likeness (QED) is 0.486. The number of nitrogens with zero attached hydrogens (tertiary/aromatic N) is 4. The molecule has 2 aliphatic rings. The van der Waals surface area contributed by atoms with Crippen molar-refractivity contribution in [1.29, 1.82) is 0 Å². The monoisotopic (exact) mass is 547 g/mol. The molecule has 1 fully saturated rings. The molecule has 214 valence electrons. The minimum atomic E-state index is -0.392. The van der Waals surface area contributed by atoms with E-state index in [2.05, 4.69) is 72.0 Å². The van der Waals surface area contributed by atoms with Crippen LogP contribution in [0.25, 0.3) is 5.69 Å². The smallest absolute Gasteiger partial charge is 0.494 e. The fourth-order valence-electron chi connectivity index (χ4n) is 4.36. The van der Waals surface area contributed by atoms with Crippen molar-refractivity contribution in [3.8, 4) is 11.4 Å². The van der Waals surface area contributed by atoms with E-state index in [1.165, 1.54) is 6.92 Å². The van der Waals surface area contributed by atoms with Crippen LogP contribution in [0.3, 0.4) is 0 Å². The number of amides is 1. The normalized spacial score (nSPS) is 16.1. The summed E-state index contributed by atoms with van der Waals surface area (Å²) < 4.78 is 20.0. The zero-order valence-corrected chi connectivity index (χ0v) is 25.5. The Labute approximate surface area is 238 Å². The van der Waals surface area contributed by atoms with Crippen LogP contribution in [0.2, 0.25) is 0 Å². The molecule has 1 saturated heterocycles. The number of aryl methyl sites for hydroxylation is 1. The highest BCUT2D eigenvalue weighted by atomic mass is 16.7. The van der Waals surface area contributed by atoms with Crippen LogP contribution in [0.4, 0.5) is 0 Å². The SMILES string of the molecule is CC.CCNC(C)=O.COc1ccc2c(c1)C(c1ccc(B3OC(C)(C)C(C)(C)O3)cc1)=NCc1nnc(C)n1-2. The van der Waals surface area contributed by atoms with Crippen molar-refractivity contribution in [2.75, 3.05) is 13.7 Å². The minimum Gasteiger partial charge on any atom is -0.497 e. The van der Waals surface area contributed by atoms with Crippen molar-refractivity contribution < 1.29 is 18.8 Å². The van der Waals surface area contributed by atoms with Gasteiger partial charge in [0.15, 0.2) is 5.82 Å². The first-order chi connectivity index (χ1) is 19.0. The van der Waals surface area contributed by atoms with Crippen molar-refractivity contribution in [3.63, 3.8) is 0 Å². The predicted molar refractivity (Wildman–Crippen MR) is 160 cm³/mol. The molecule has 0 atom stereocenters. The number of fused-ring (bicyclic) bond motifs is 3. The number of nitrogens with one attached hydrogen (secondary N) is 1. The highest BCUT2D eigenvalue weighted by Crippen LogP contribution is 2.36. The fourth-order valence-corrected chi connectivity index (χ4v) is 4.36. The lowest BCUT2D eigenvalue weighted by Gasteiger charge is -2.32. The highest BCUT2D eigenvalue weighted by molar-refractivity contribution is 6.62. The highest BCUT2D eigenvalue weighted by Gasteiger charge is 2.51. The largest absolute Gasteiger partial charge is 0.497 e. The summed E-state index contributed by atoms with van der Waals surface area (Å²) in [5, 5.41) is 11.1. The van der Waals surface area contributed by atoms with Gasteiger partial charge in [-0.25, -0.2) is 0 Å². The molecule has 10 heteroatoms. The van der Waals surface area contributed by atoms with Crippen LogP contribution < -0.4 is 15.5 Å². The summed E-state index contributed by atoms with van der Waals surface area (Å²) in [5.41, 5.74) is 4.12. The van der Waals surface area contributed by atoms with Gasteiger partial charge in [-0.3, -0.25) is 14.4 Å². The molecule has 1 N–H and O–H groups in total. The number of aromatic nitrogens is 3. The zero-order chi connectivity index (χ0) is 29.7. The molecular formula is C30H42BN5O4. The maximum atomic E-state index is 9.93. The van der Waals surface area contributed by atoms with Gasteiger partial charge >= 0.3 is 7.12 Å². The van der Waals surface area contributed by atoms with E-state index >= 15 is 0 Å². The first kappa shape index (κ1) is 31.0. The van der Waals surface area contributed by atoms with Gasteiger partial charge in [0.25, 0.3) is 0 Å². The topological polar surface area (TPSA) is 99.9 Å². The number of carbonyl (C=O) groups excluding carboxylic acids is 1. The van der Waals surface area contributed by atoms with Crippen LogP contribution in [0.15, 0.2) is 47.5 Å². The summed E-state index contributed by atoms with van der Waals surface area (Å²) in [6, 6.07) is 14.3. The van der Waals surface area contributed by atoms with Crippen molar-refractivity contribution in [2.24, 2.45) is 4.99 Å². The average Bonchev–Trinajstić information content (AvgIpc) is 3.33. The summed E-state index contributed by atoms with van der Waals surface area (Å²) in [5.74, 6) is 2.47. The van der Waals surface area contributed by atoms with E-state index in [-0.39, 0.29) is 17.1 Å². The van der Waals surface area contributed by atoms with Gasteiger partial charge in [-0.15, -0.1) is 10.2 Å². The van der Waals surface area contributed by atoms with Gasteiger partial charge in [-0.2, -0.15) is 0 Å². The standard InChI is InChI=1S/C24H27BN4O3.C4H9NO.C2H6/c1-15-27-28-21-14-26-22(19-13-18(30-6)11-12-20(19)29(15)21)16-7-9-17(10-8-16)25-31-23(2,3)24(4,5)32-25;1-3-5-4(2)6;1-2/h7-13H,14H2,1-6H3;3H2,1-2H3,(H,5,6);1-2H3. The molecule has 40 heavy (non-hydrogen) atoms. The Hall–Kier alpha value is -3.50. The van der Waals surface area contributed by atoms with Crippen LogP contribution in [-0.2, 0) is 20.6 Å². The third kappa shape index (κ3) is 6.45. The number of benzene rings is 2. The molecule has 5 rings (SSSR count). The van der Waals surface area contributed by atoms with Gasteiger partial charge in [0.2, 0.25) is 5.91 Å². The van der Waals surface area contributed by atoms with Crippen LogP contribution >= 0.6 is 0 Å². The number of hydrogen-bond donors (Lipinski definition) is 1. The molecule has 3 heterocycles. The first-order valence-corrected chi connectivity index (χ1v) is 13.8. The third-order valence-corrected chi connectivity index (χ3v) is 7.11. The van der Waals surface area contributed by atoms with Gasteiger partial charge in [0, 0.05) is 24.6 Å². The molecule has 1 aromatic heterocycles. The van der Waals surface area contributed by atoms with E-state index in [0.29, 0.717) is 6.54 Å². The number of carbonyl (C=O) groups is 1. The minimum absolute atomic E-state index is 0.0394. The van der Waals surface area contributed by atoms with Crippen LogP contribution in [0.5, 0.6) is 5.75 Å². The van der Waals surface area contributed by atoms with Crippen LogP contribution in [-0.4, -0.2) is 58.4 Å². The molecule has 0 unspecified atom stereocenters. The molecule has 0 aliphatic carbocycles. The Bertz CT molecular complexity index is 1330. The summed E-state index contributed by atoms with van der Waals surface area (Å²) in [4.78, 5) is 14.8. The second kappa shape index (κ2) is 12.8. The van der Waals surface area contributed by atoms with Crippen molar-refractivity contribution >= 4 is 24.2 Å². The first-order valence-electron chi connectivity index (χ1n) is 13.8. The van der Waals surface area contributed by atoms with Crippen molar-refractivity contribution in [2.45, 2.75) is 80.1 Å². The second-order valence-electron chi connectivity index (χ2n) is 10.3. The number of rotatable bonds is 4. The number of ether oxygens (including phenoxy) is 1. The Kier molecular flexibility index (Phi) is 9.92. The predicted octanol–water partition coefficient (Wildman–Crippen LogP) is 4.40. The van der Waals surface area contributed by atoms with Gasteiger partial charge in [0.05, 0.1) is 29.7 Å². The van der Waals surface area contributed by atoms with Crippen LogP contribution in [0.1, 0.15) is 78.2 Å². The van der Waals surface area contributed by atoms with Gasteiger partial charge in [0.1, 0.15) is 18.1 Å². The Morgan fingerprint density at radius 3 is 2.20 bits per heavy atom. The lowest BCUT2D eigenvalue weighted by Crippen LogP contribution is -2.41. The molecular weight excluding hydrogens is 505 g/mol. The third-order valence-electron chi connectivity index (χ3n) is 7.11. The molecule has 9 nitrogen and oxygen atoms in total. The molecule has 1 amide bonds. The van der Waals surface area contributed by atoms with Gasteiger partial charge in [-0.1, -0.05) is 38.1 Å². The molecule has 2 aromatic carbocycles. The zero-order valence-electron chi connectivity index (χ0n) is 25.5. The van der Waals surface area contributed by atoms with E-state index < -0.39 is 7.12 Å².